The van der Waals surface area contributed by atoms with Gasteiger partial charge in [0.2, 0.25) is 5.88 Å². The van der Waals surface area contributed by atoms with Crippen molar-refractivity contribution in [3.8, 4) is 23.0 Å². The van der Waals surface area contributed by atoms with Crippen LogP contribution in [0, 0.1) is 26.7 Å². The van der Waals surface area contributed by atoms with Gasteiger partial charge in [-0.3, -0.25) is 0 Å². The molecule has 1 aliphatic carbocycles. The molecule has 0 unspecified atom stereocenters. The molecule has 1 saturated carbocycles. The number of rotatable bonds is 8. The fraction of sp³-hybridized carbons (Fsp3) is 0.545. The van der Waals surface area contributed by atoms with Gasteiger partial charge in [0, 0.05) is 13.1 Å². The smallest absolute Gasteiger partial charge is 0.241 e. The number of hydrogen-bond donors (Lipinski definition) is 0. The molecule has 3 rings (SSSR count). The second kappa shape index (κ2) is 8.15. The summed E-state index contributed by atoms with van der Waals surface area (Å²) in [5, 5.41) is 0. The van der Waals surface area contributed by atoms with Crippen molar-refractivity contribution in [2.75, 3.05) is 32.2 Å². The van der Waals surface area contributed by atoms with Gasteiger partial charge in [-0.25, -0.2) is 4.98 Å². The molecule has 5 nitrogen and oxygen atoms in total. The highest BCUT2D eigenvalue weighted by molar-refractivity contribution is 5.72. The summed E-state index contributed by atoms with van der Waals surface area (Å²) < 4.78 is 11.3. The van der Waals surface area contributed by atoms with Gasteiger partial charge in [0.25, 0.3) is 0 Å². The zero-order chi connectivity index (χ0) is 19.6. The number of aryl methyl sites for hydroxylation is 3. The van der Waals surface area contributed by atoms with Crippen LogP contribution >= 0.6 is 0 Å². The SMILES string of the molecule is CCCN(CC1CC1)c1c(C)nc(-c2c(C)cc(C)cc2OC)nc1OC. The van der Waals surface area contributed by atoms with E-state index in [0.717, 1.165) is 59.2 Å². The van der Waals surface area contributed by atoms with E-state index in [4.69, 9.17) is 19.4 Å². The molecule has 146 valence electrons. The maximum absolute atomic E-state index is 5.72. The second-order valence-electron chi connectivity index (χ2n) is 7.54. The summed E-state index contributed by atoms with van der Waals surface area (Å²) in [4.78, 5) is 12.1. The standard InChI is InChI=1S/C22H31N3O2/c1-7-10-25(13-17-8-9-17)20-16(4)23-21(24-22(20)27-6)19-15(3)11-14(2)12-18(19)26-5/h11-12,17H,7-10,13H2,1-6H3. The van der Waals surface area contributed by atoms with Gasteiger partial charge in [-0.05, 0) is 63.1 Å². The summed E-state index contributed by atoms with van der Waals surface area (Å²) in [6.07, 6.45) is 3.72. The Bertz CT molecular complexity index is 816. The highest BCUT2D eigenvalue weighted by Gasteiger charge is 2.28. The Hall–Kier alpha value is -2.30. The fourth-order valence-electron chi connectivity index (χ4n) is 3.71. The first-order valence-corrected chi connectivity index (χ1v) is 9.81. The normalized spacial score (nSPS) is 13.6. The number of benzene rings is 1. The van der Waals surface area contributed by atoms with Gasteiger partial charge >= 0.3 is 0 Å². The molecule has 0 bridgehead atoms. The van der Waals surface area contributed by atoms with Crippen LogP contribution in [0.3, 0.4) is 0 Å². The summed E-state index contributed by atoms with van der Waals surface area (Å²) in [7, 11) is 3.38. The third-order valence-electron chi connectivity index (χ3n) is 5.09. The lowest BCUT2D eigenvalue weighted by atomic mass is 10.0. The van der Waals surface area contributed by atoms with Crippen molar-refractivity contribution < 1.29 is 9.47 Å². The van der Waals surface area contributed by atoms with Gasteiger partial charge in [-0.15, -0.1) is 0 Å². The molecule has 5 heteroatoms. The zero-order valence-corrected chi connectivity index (χ0v) is 17.4. The van der Waals surface area contributed by atoms with Crippen molar-refractivity contribution in [2.45, 2.75) is 47.0 Å². The van der Waals surface area contributed by atoms with Gasteiger partial charge in [-0.1, -0.05) is 13.0 Å². The maximum atomic E-state index is 5.72. The molecule has 1 aliphatic rings. The average Bonchev–Trinajstić information content (AvgIpc) is 3.44. The molecule has 1 fully saturated rings. The number of anilines is 1. The minimum absolute atomic E-state index is 0.647. The molecular formula is C22H31N3O2. The van der Waals surface area contributed by atoms with Gasteiger partial charge in [0.15, 0.2) is 5.82 Å². The van der Waals surface area contributed by atoms with Crippen molar-refractivity contribution >= 4 is 5.69 Å². The molecule has 0 saturated heterocycles. The van der Waals surface area contributed by atoms with Crippen LogP contribution in [-0.4, -0.2) is 37.3 Å². The first kappa shape index (κ1) is 19.5. The number of nitrogens with zero attached hydrogens (tertiary/aromatic N) is 3. The minimum atomic E-state index is 0.647. The van der Waals surface area contributed by atoms with Crippen LogP contribution < -0.4 is 14.4 Å². The van der Waals surface area contributed by atoms with Gasteiger partial charge < -0.3 is 14.4 Å². The van der Waals surface area contributed by atoms with Gasteiger partial charge in [0.1, 0.15) is 11.4 Å². The maximum Gasteiger partial charge on any atom is 0.241 e. The summed E-state index contributed by atoms with van der Waals surface area (Å²) in [5.74, 6) is 2.89. The lowest BCUT2D eigenvalue weighted by Gasteiger charge is -2.27. The predicted molar refractivity (Wildman–Crippen MR) is 110 cm³/mol. The summed E-state index contributed by atoms with van der Waals surface area (Å²) in [6.45, 7) is 10.4. The lowest BCUT2D eigenvalue weighted by Crippen LogP contribution is -2.28. The Labute approximate surface area is 162 Å². The van der Waals surface area contributed by atoms with E-state index in [2.05, 4.69) is 38.7 Å². The summed E-state index contributed by atoms with van der Waals surface area (Å²) in [5.41, 5.74) is 5.17. The monoisotopic (exact) mass is 369 g/mol. The Morgan fingerprint density at radius 2 is 1.81 bits per heavy atom. The van der Waals surface area contributed by atoms with E-state index >= 15 is 0 Å². The van der Waals surface area contributed by atoms with E-state index in [9.17, 15) is 0 Å². The van der Waals surface area contributed by atoms with Crippen LogP contribution in [0.4, 0.5) is 5.69 Å². The molecule has 1 aromatic heterocycles. The number of hydrogen-bond acceptors (Lipinski definition) is 5. The van der Waals surface area contributed by atoms with Crippen molar-refractivity contribution in [2.24, 2.45) is 5.92 Å². The first-order chi connectivity index (χ1) is 13.0. The van der Waals surface area contributed by atoms with Crippen LogP contribution in [0.1, 0.15) is 43.0 Å². The van der Waals surface area contributed by atoms with Crippen LogP contribution in [0.2, 0.25) is 0 Å². The van der Waals surface area contributed by atoms with E-state index in [1.807, 2.05) is 6.07 Å². The van der Waals surface area contributed by atoms with E-state index in [0.29, 0.717) is 11.7 Å². The Morgan fingerprint density at radius 1 is 1.07 bits per heavy atom. The van der Waals surface area contributed by atoms with Crippen LogP contribution in [0.15, 0.2) is 12.1 Å². The molecule has 1 heterocycles. The lowest BCUT2D eigenvalue weighted by molar-refractivity contribution is 0.395. The van der Waals surface area contributed by atoms with Crippen molar-refractivity contribution in [3.05, 3.63) is 29.0 Å². The second-order valence-corrected chi connectivity index (χ2v) is 7.54. The van der Waals surface area contributed by atoms with Crippen LogP contribution in [-0.2, 0) is 0 Å². The molecule has 1 aromatic carbocycles. The average molecular weight is 370 g/mol. The molecular weight excluding hydrogens is 338 g/mol. The quantitative estimate of drug-likeness (QED) is 0.674. The fourth-order valence-corrected chi connectivity index (χ4v) is 3.71. The van der Waals surface area contributed by atoms with Crippen molar-refractivity contribution in [1.29, 1.82) is 0 Å². The number of aromatic nitrogens is 2. The van der Waals surface area contributed by atoms with E-state index in [1.54, 1.807) is 14.2 Å². The van der Waals surface area contributed by atoms with Crippen LogP contribution in [0.5, 0.6) is 11.6 Å². The molecule has 0 aliphatic heterocycles. The largest absolute Gasteiger partial charge is 0.496 e. The molecule has 0 N–H and O–H groups in total. The van der Waals surface area contributed by atoms with Gasteiger partial charge in [0.05, 0.1) is 25.5 Å². The topological polar surface area (TPSA) is 47.5 Å². The van der Waals surface area contributed by atoms with E-state index in [-0.39, 0.29) is 0 Å². The Kier molecular flexibility index (Phi) is 5.88. The highest BCUT2D eigenvalue weighted by Crippen LogP contribution is 2.39. The third-order valence-corrected chi connectivity index (χ3v) is 5.09. The van der Waals surface area contributed by atoms with Crippen molar-refractivity contribution in [1.82, 2.24) is 9.97 Å². The number of ether oxygens (including phenoxy) is 2. The zero-order valence-electron chi connectivity index (χ0n) is 17.4. The highest BCUT2D eigenvalue weighted by atomic mass is 16.5. The Balaban J connectivity index is 2.09. The van der Waals surface area contributed by atoms with E-state index < -0.39 is 0 Å². The predicted octanol–water partition coefficient (Wildman–Crippen LogP) is 4.71. The molecule has 0 radical (unpaired) electrons. The van der Waals surface area contributed by atoms with Gasteiger partial charge in [-0.2, -0.15) is 4.98 Å². The number of methoxy groups -OCH3 is 2. The first-order valence-electron chi connectivity index (χ1n) is 9.81. The summed E-state index contributed by atoms with van der Waals surface area (Å²) in [6, 6.07) is 4.16. The molecule has 27 heavy (non-hydrogen) atoms. The summed E-state index contributed by atoms with van der Waals surface area (Å²) >= 11 is 0. The molecule has 0 amide bonds. The molecule has 0 atom stereocenters. The third kappa shape index (κ3) is 4.18. The molecule has 0 spiro atoms. The molecule has 2 aromatic rings. The van der Waals surface area contributed by atoms with Crippen LogP contribution in [0.25, 0.3) is 11.4 Å². The minimum Gasteiger partial charge on any atom is -0.496 e. The Morgan fingerprint density at radius 3 is 2.41 bits per heavy atom. The van der Waals surface area contributed by atoms with E-state index in [1.165, 1.54) is 12.8 Å². The van der Waals surface area contributed by atoms with Crippen molar-refractivity contribution in [3.63, 3.8) is 0 Å².